The van der Waals surface area contributed by atoms with Gasteiger partial charge in [0.05, 0.1) is 0 Å². The van der Waals surface area contributed by atoms with Crippen LogP contribution in [0.25, 0.3) is 0 Å². The van der Waals surface area contributed by atoms with Gasteiger partial charge in [0.15, 0.2) is 0 Å². The van der Waals surface area contributed by atoms with Crippen LogP contribution in [0.2, 0.25) is 0 Å². The van der Waals surface area contributed by atoms with Crippen LogP contribution in [-0.4, -0.2) is 45.5 Å². The summed E-state index contributed by atoms with van der Waals surface area (Å²) in [5.41, 5.74) is 0.778. The second kappa shape index (κ2) is 6.85. The lowest BCUT2D eigenvalue weighted by molar-refractivity contribution is -0.149. The summed E-state index contributed by atoms with van der Waals surface area (Å²) in [7, 11) is -1.00. The molecule has 0 saturated carbocycles. The number of amides is 2. The van der Waals surface area contributed by atoms with E-state index in [1.807, 2.05) is 37.3 Å². The highest BCUT2D eigenvalue weighted by molar-refractivity contribution is 7.84. The summed E-state index contributed by atoms with van der Waals surface area (Å²) < 4.78 is 11.3. The van der Waals surface area contributed by atoms with Crippen molar-refractivity contribution in [3.05, 3.63) is 35.9 Å². The Morgan fingerprint density at radius 1 is 1.24 bits per heavy atom. The van der Waals surface area contributed by atoms with E-state index in [9.17, 15) is 13.8 Å². The van der Waals surface area contributed by atoms with Crippen LogP contribution >= 0.6 is 0 Å². The molecule has 1 heterocycles. The van der Waals surface area contributed by atoms with Crippen molar-refractivity contribution in [2.45, 2.75) is 25.4 Å². The topological polar surface area (TPSA) is 66.5 Å². The molecule has 2 amide bonds. The molecule has 6 heteroatoms. The van der Waals surface area contributed by atoms with Crippen LogP contribution in [0.5, 0.6) is 0 Å². The number of carbonyl (C=O) groups is 2. The van der Waals surface area contributed by atoms with Crippen molar-refractivity contribution in [1.82, 2.24) is 10.2 Å². The molecule has 114 valence electrons. The molecule has 1 aliphatic heterocycles. The molecule has 3 atom stereocenters. The van der Waals surface area contributed by atoms with Crippen molar-refractivity contribution >= 4 is 22.6 Å². The zero-order valence-electron chi connectivity index (χ0n) is 12.2. The third-order valence-electron chi connectivity index (χ3n) is 3.60. The first-order valence-electron chi connectivity index (χ1n) is 7.00. The van der Waals surface area contributed by atoms with Crippen molar-refractivity contribution in [3.63, 3.8) is 0 Å². The third kappa shape index (κ3) is 3.50. The minimum atomic E-state index is -1.00. The first-order chi connectivity index (χ1) is 10.0. The van der Waals surface area contributed by atoms with Gasteiger partial charge >= 0.3 is 0 Å². The Kier molecular flexibility index (Phi) is 5.12. The third-order valence-corrected chi connectivity index (χ3v) is 4.36. The SMILES string of the molecule is CCC1NC(=O)C(c2ccccc2)N(CCS(C)=O)C1=O. The van der Waals surface area contributed by atoms with Gasteiger partial charge in [0.2, 0.25) is 11.8 Å². The fraction of sp³-hybridized carbons (Fsp3) is 0.467. The monoisotopic (exact) mass is 308 g/mol. The molecule has 0 aromatic heterocycles. The predicted octanol–water partition coefficient (Wildman–Crippen LogP) is 0.843. The lowest BCUT2D eigenvalue weighted by atomic mass is 9.99. The van der Waals surface area contributed by atoms with Crippen LogP contribution in [0.15, 0.2) is 30.3 Å². The van der Waals surface area contributed by atoms with Gasteiger partial charge in [-0.25, -0.2) is 0 Å². The lowest BCUT2D eigenvalue weighted by Gasteiger charge is -2.38. The molecular weight excluding hydrogens is 288 g/mol. The van der Waals surface area contributed by atoms with E-state index in [1.165, 1.54) is 0 Å². The average Bonchev–Trinajstić information content (AvgIpc) is 2.48. The van der Waals surface area contributed by atoms with Crippen molar-refractivity contribution in [3.8, 4) is 0 Å². The maximum Gasteiger partial charge on any atom is 0.248 e. The van der Waals surface area contributed by atoms with Crippen LogP contribution in [0.3, 0.4) is 0 Å². The van der Waals surface area contributed by atoms with Gasteiger partial charge in [-0.15, -0.1) is 0 Å². The maximum absolute atomic E-state index is 12.5. The van der Waals surface area contributed by atoms with E-state index in [-0.39, 0.29) is 11.8 Å². The Morgan fingerprint density at radius 2 is 1.90 bits per heavy atom. The quantitative estimate of drug-likeness (QED) is 0.877. The summed E-state index contributed by atoms with van der Waals surface area (Å²) in [5, 5.41) is 2.78. The fourth-order valence-corrected chi connectivity index (χ4v) is 2.94. The molecule has 3 unspecified atom stereocenters. The van der Waals surface area contributed by atoms with Crippen LogP contribution < -0.4 is 5.32 Å². The second-order valence-corrected chi connectivity index (χ2v) is 6.65. The number of nitrogens with one attached hydrogen (secondary N) is 1. The van der Waals surface area contributed by atoms with Gasteiger partial charge in [0.25, 0.3) is 0 Å². The Hall–Kier alpha value is -1.69. The van der Waals surface area contributed by atoms with Gasteiger partial charge in [-0.3, -0.25) is 13.8 Å². The molecule has 5 nitrogen and oxygen atoms in total. The number of hydrogen-bond donors (Lipinski definition) is 1. The van der Waals surface area contributed by atoms with Crippen LogP contribution in [0.4, 0.5) is 0 Å². The summed E-state index contributed by atoms with van der Waals surface area (Å²) in [6.07, 6.45) is 2.15. The maximum atomic E-state index is 12.5. The van der Waals surface area contributed by atoms with E-state index < -0.39 is 22.9 Å². The highest BCUT2D eigenvalue weighted by atomic mass is 32.2. The summed E-state index contributed by atoms with van der Waals surface area (Å²) in [6, 6.07) is 8.10. The van der Waals surface area contributed by atoms with E-state index in [2.05, 4.69) is 5.32 Å². The first kappa shape index (κ1) is 15.7. The van der Waals surface area contributed by atoms with Crippen molar-refractivity contribution in [2.24, 2.45) is 0 Å². The zero-order valence-corrected chi connectivity index (χ0v) is 13.1. The second-order valence-electron chi connectivity index (χ2n) is 5.09. The number of piperazine rings is 1. The minimum Gasteiger partial charge on any atom is -0.342 e. The van der Waals surface area contributed by atoms with Crippen molar-refractivity contribution in [1.29, 1.82) is 0 Å². The molecule has 1 N–H and O–H groups in total. The van der Waals surface area contributed by atoms with Gasteiger partial charge in [0.1, 0.15) is 12.1 Å². The Labute approximate surface area is 127 Å². The highest BCUT2D eigenvalue weighted by Gasteiger charge is 2.40. The molecule has 0 bridgehead atoms. The lowest BCUT2D eigenvalue weighted by Crippen LogP contribution is -2.59. The molecule has 1 aromatic rings. The van der Waals surface area contributed by atoms with Crippen LogP contribution in [0.1, 0.15) is 24.9 Å². The average molecular weight is 308 g/mol. The van der Waals surface area contributed by atoms with E-state index in [0.29, 0.717) is 18.7 Å². The summed E-state index contributed by atoms with van der Waals surface area (Å²) in [5.74, 6) is 0.102. The van der Waals surface area contributed by atoms with E-state index in [0.717, 1.165) is 5.56 Å². The van der Waals surface area contributed by atoms with E-state index in [4.69, 9.17) is 0 Å². The normalized spacial score (nSPS) is 23.8. The summed E-state index contributed by atoms with van der Waals surface area (Å²) >= 11 is 0. The van der Waals surface area contributed by atoms with Crippen LogP contribution in [0, 0.1) is 0 Å². The van der Waals surface area contributed by atoms with Gasteiger partial charge in [-0.1, -0.05) is 37.3 Å². The fourth-order valence-electron chi connectivity index (χ4n) is 2.49. The number of hydrogen-bond acceptors (Lipinski definition) is 3. The largest absolute Gasteiger partial charge is 0.342 e. The van der Waals surface area contributed by atoms with Gasteiger partial charge in [-0.05, 0) is 12.0 Å². The molecule has 0 spiro atoms. The Bertz CT molecular complexity index is 547. The smallest absolute Gasteiger partial charge is 0.248 e. The van der Waals surface area contributed by atoms with E-state index in [1.54, 1.807) is 11.2 Å². The molecule has 1 fully saturated rings. The Morgan fingerprint density at radius 3 is 2.48 bits per heavy atom. The van der Waals surface area contributed by atoms with Gasteiger partial charge < -0.3 is 10.2 Å². The van der Waals surface area contributed by atoms with Crippen molar-refractivity contribution < 1.29 is 13.8 Å². The molecule has 21 heavy (non-hydrogen) atoms. The molecule has 0 aliphatic carbocycles. The molecule has 1 aromatic carbocycles. The van der Waals surface area contributed by atoms with Gasteiger partial charge in [0, 0.05) is 29.4 Å². The highest BCUT2D eigenvalue weighted by Crippen LogP contribution is 2.25. The Balaban J connectivity index is 2.31. The summed E-state index contributed by atoms with van der Waals surface area (Å²) in [4.78, 5) is 26.5. The predicted molar refractivity (Wildman–Crippen MR) is 82.1 cm³/mol. The summed E-state index contributed by atoms with van der Waals surface area (Å²) in [6.45, 7) is 2.19. The molecule has 1 saturated heterocycles. The molecule has 0 radical (unpaired) electrons. The number of carbonyl (C=O) groups excluding carboxylic acids is 2. The first-order valence-corrected chi connectivity index (χ1v) is 8.73. The molecular formula is C15H20N2O3S. The van der Waals surface area contributed by atoms with Crippen LogP contribution in [-0.2, 0) is 20.4 Å². The van der Waals surface area contributed by atoms with Crippen molar-refractivity contribution in [2.75, 3.05) is 18.6 Å². The standard InChI is InChI=1S/C15H20N2O3S/c1-3-12-15(19)17(9-10-21(2)20)13(14(18)16-12)11-7-5-4-6-8-11/h4-8,12-13H,3,9-10H2,1-2H3,(H,16,18). The number of benzene rings is 1. The minimum absolute atomic E-state index is 0.101. The van der Waals surface area contributed by atoms with E-state index >= 15 is 0 Å². The molecule has 2 rings (SSSR count). The number of rotatable bonds is 5. The number of nitrogens with zero attached hydrogens (tertiary/aromatic N) is 1. The molecule has 1 aliphatic rings. The zero-order chi connectivity index (χ0) is 15.4. The van der Waals surface area contributed by atoms with Gasteiger partial charge in [-0.2, -0.15) is 0 Å².